The standard InChI is InChI=1S/C13H17N3O2/c1-17-8-12(18-2)10-5-3-9(4-6-10)11-7-15-16-13(11)14/h3-7,12H,8H2,1-2H3,(H3,14,15,16). The normalized spacial score (nSPS) is 12.6. The summed E-state index contributed by atoms with van der Waals surface area (Å²) < 4.78 is 10.5. The molecule has 0 radical (unpaired) electrons. The number of hydrogen-bond acceptors (Lipinski definition) is 4. The molecule has 0 spiro atoms. The van der Waals surface area contributed by atoms with E-state index in [0.717, 1.165) is 16.7 Å². The van der Waals surface area contributed by atoms with Crippen molar-refractivity contribution in [2.75, 3.05) is 26.6 Å². The van der Waals surface area contributed by atoms with E-state index in [1.165, 1.54) is 0 Å². The van der Waals surface area contributed by atoms with E-state index in [1.807, 2.05) is 24.3 Å². The summed E-state index contributed by atoms with van der Waals surface area (Å²) in [6.45, 7) is 0.531. The quantitative estimate of drug-likeness (QED) is 0.847. The number of anilines is 1. The van der Waals surface area contributed by atoms with Gasteiger partial charge in [-0.3, -0.25) is 5.10 Å². The molecule has 2 aromatic rings. The van der Waals surface area contributed by atoms with Crippen LogP contribution in [0.15, 0.2) is 30.5 Å². The molecule has 0 saturated heterocycles. The second-order valence-electron chi connectivity index (χ2n) is 4.00. The maximum absolute atomic E-state index is 5.78. The van der Waals surface area contributed by atoms with E-state index in [4.69, 9.17) is 15.2 Å². The minimum Gasteiger partial charge on any atom is -0.384 e. The Morgan fingerprint density at radius 1 is 1.28 bits per heavy atom. The molecule has 0 aliphatic carbocycles. The summed E-state index contributed by atoms with van der Waals surface area (Å²) in [6, 6.07) is 8.01. The first-order chi connectivity index (χ1) is 8.76. The fourth-order valence-electron chi connectivity index (χ4n) is 1.86. The van der Waals surface area contributed by atoms with Gasteiger partial charge in [0.05, 0.1) is 12.8 Å². The summed E-state index contributed by atoms with van der Waals surface area (Å²) in [6.07, 6.45) is 1.67. The van der Waals surface area contributed by atoms with Crippen LogP contribution < -0.4 is 5.73 Å². The molecule has 18 heavy (non-hydrogen) atoms. The highest BCUT2D eigenvalue weighted by Gasteiger charge is 2.11. The summed E-state index contributed by atoms with van der Waals surface area (Å²) in [5.74, 6) is 0.572. The third kappa shape index (κ3) is 2.52. The number of H-pyrrole nitrogens is 1. The van der Waals surface area contributed by atoms with Gasteiger partial charge in [-0.05, 0) is 11.1 Å². The Morgan fingerprint density at radius 2 is 2.00 bits per heavy atom. The zero-order valence-electron chi connectivity index (χ0n) is 10.5. The Morgan fingerprint density at radius 3 is 2.50 bits per heavy atom. The van der Waals surface area contributed by atoms with Gasteiger partial charge in [0.25, 0.3) is 0 Å². The maximum atomic E-state index is 5.78. The van der Waals surface area contributed by atoms with Crippen molar-refractivity contribution in [1.29, 1.82) is 0 Å². The van der Waals surface area contributed by atoms with Crippen molar-refractivity contribution in [2.45, 2.75) is 6.10 Å². The summed E-state index contributed by atoms with van der Waals surface area (Å²) >= 11 is 0. The molecule has 1 aromatic carbocycles. The van der Waals surface area contributed by atoms with Gasteiger partial charge in [-0.15, -0.1) is 0 Å². The third-order valence-electron chi connectivity index (χ3n) is 2.86. The number of aromatic amines is 1. The predicted octanol–water partition coefficient (Wildman–Crippen LogP) is 1.99. The number of benzene rings is 1. The minimum absolute atomic E-state index is 0.0502. The number of nitrogens with zero attached hydrogens (tertiary/aromatic N) is 1. The van der Waals surface area contributed by atoms with Crippen LogP contribution in [-0.2, 0) is 9.47 Å². The number of rotatable bonds is 5. The van der Waals surface area contributed by atoms with Gasteiger partial charge in [0, 0.05) is 19.8 Å². The van der Waals surface area contributed by atoms with E-state index in [0.29, 0.717) is 12.4 Å². The molecular formula is C13H17N3O2. The molecule has 3 N–H and O–H groups in total. The van der Waals surface area contributed by atoms with Crippen molar-refractivity contribution in [3.8, 4) is 11.1 Å². The van der Waals surface area contributed by atoms with Gasteiger partial charge in [-0.2, -0.15) is 5.10 Å². The minimum atomic E-state index is -0.0502. The van der Waals surface area contributed by atoms with Crippen LogP contribution in [0.2, 0.25) is 0 Å². The molecular weight excluding hydrogens is 230 g/mol. The second-order valence-corrected chi connectivity index (χ2v) is 4.00. The number of aromatic nitrogens is 2. The Hall–Kier alpha value is -1.85. The van der Waals surface area contributed by atoms with Crippen molar-refractivity contribution >= 4 is 5.82 Å². The zero-order chi connectivity index (χ0) is 13.0. The van der Waals surface area contributed by atoms with Gasteiger partial charge < -0.3 is 15.2 Å². The molecule has 1 unspecified atom stereocenters. The van der Waals surface area contributed by atoms with E-state index in [9.17, 15) is 0 Å². The summed E-state index contributed by atoms with van der Waals surface area (Å²) in [4.78, 5) is 0. The van der Waals surface area contributed by atoms with Crippen LogP contribution in [0.1, 0.15) is 11.7 Å². The van der Waals surface area contributed by atoms with E-state index in [1.54, 1.807) is 20.4 Å². The Kier molecular flexibility index (Phi) is 3.96. The van der Waals surface area contributed by atoms with Crippen LogP contribution in [0.4, 0.5) is 5.82 Å². The molecule has 0 bridgehead atoms. The van der Waals surface area contributed by atoms with E-state index in [-0.39, 0.29) is 6.10 Å². The van der Waals surface area contributed by atoms with Gasteiger partial charge in [0.15, 0.2) is 0 Å². The van der Waals surface area contributed by atoms with Crippen LogP contribution in [0.25, 0.3) is 11.1 Å². The first-order valence-electron chi connectivity index (χ1n) is 5.67. The Bertz CT molecular complexity index is 493. The van der Waals surface area contributed by atoms with Crippen LogP contribution >= 0.6 is 0 Å². The molecule has 1 atom stereocenters. The second kappa shape index (κ2) is 5.66. The zero-order valence-corrected chi connectivity index (χ0v) is 10.5. The number of nitrogens with two attached hydrogens (primary N) is 1. The average Bonchev–Trinajstić information content (AvgIpc) is 2.82. The van der Waals surface area contributed by atoms with Crippen LogP contribution in [0, 0.1) is 0 Å². The fraction of sp³-hybridized carbons (Fsp3) is 0.308. The summed E-state index contributed by atoms with van der Waals surface area (Å²) in [5.41, 5.74) is 8.79. The molecule has 2 rings (SSSR count). The van der Waals surface area contributed by atoms with Gasteiger partial charge in [-0.25, -0.2) is 0 Å². The lowest BCUT2D eigenvalue weighted by molar-refractivity contribution is 0.0275. The van der Waals surface area contributed by atoms with Crippen LogP contribution in [0.5, 0.6) is 0 Å². The topological polar surface area (TPSA) is 73.2 Å². The van der Waals surface area contributed by atoms with Crippen molar-refractivity contribution in [3.05, 3.63) is 36.0 Å². The molecule has 1 aromatic heterocycles. The van der Waals surface area contributed by atoms with Gasteiger partial charge >= 0.3 is 0 Å². The molecule has 5 heteroatoms. The highest BCUT2D eigenvalue weighted by Crippen LogP contribution is 2.26. The van der Waals surface area contributed by atoms with E-state index < -0.39 is 0 Å². The number of hydrogen-bond donors (Lipinski definition) is 2. The number of ether oxygens (including phenoxy) is 2. The van der Waals surface area contributed by atoms with Gasteiger partial charge in [0.1, 0.15) is 11.9 Å². The van der Waals surface area contributed by atoms with Crippen molar-refractivity contribution in [3.63, 3.8) is 0 Å². The number of nitrogens with one attached hydrogen (secondary N) is 1. The van der Waals surface area contributed by atoms with Crippen LogP contribution in [0.3, 0.4) is 0 Å². The Labute approximate surface area is 106 Å². The van der Waals surface area contributed by atoms with Crippen molar-refractivity contribution in [1.82, 2.24) is 10.2 Å². The summed E-state index contributed by atoms with van der Waals surface area (Å²) in [7, 11) is 3.33. The lowest BCUT2D eigenvalue weighted by Gasteiger charge is -2.14. The first kappa shape index (κ1) is 12.6. The molecule has 0 saturated carbocycles. The largest absolute Gasteiger partial charge is 0.384 e. The highest BCUT2D eigenvalue weighted by molar-refractivity contribution is 5.73. The monoisotopic (exact) mass is 247 g/mol. The van der Waals surface area contributed by atoms with Gasteiger partial charge in [0.2, 0.25) is 0 Å². The first-order valence-corrected chi connectivity index (χ1v) is 5.67. The molecule has 0 aliphatic rings. The van der Waals surface area contributed by atoms with E-state index >= 15 is 0 Å². The predicted molar refractivity (Wildman–Crippen MR) is 70.1 cm³/mol. The van der Waals surface area contributed by atoms with Crippen molar-refractivity contribution < 1.29 is 9.47 Å². The van der Waals surface area contributed by atoms with Crippen LogP contribution in [-0.4, -0.2) is 31.0 Å². The number of nitrogen functional groups attached to an aromatic ring is 1. The number of methoxy groups -OCH3 is 2. The molecule has 1 heterocycles. The lowest BCUT2D eigenvalue weighted by atomic mass is 10.0. The Balaban J connectivity index is 2.22. The van der Waals surface area contributed by atoms with Crippen molar-refractivity contribution in [2.24, 2.45) is 0 Å². The molecule has 0 fully saturated rings. The average molecular weight is 247 g/mol. The molecule has 0 aliphatic heterocycles. The summed E-state index contributed by atoms with van der Waals surface area (Å²) in [5, 5.41) is 6.63. The fourth-order valence-corrected chi connectivity index (χ4v) is 1.86. The smallest absolute Gasteiger partial charge is 0.126 e. The highest BCUT2D eigenvalue weighted by atomic mass is 16.5. The molecule has 5 nitrogen and oxygen atoms in total. The lowest BCUT2D eigenvalue weighted by Crippen LogP contribution is -2.08. The van der Waals surface area contributed by atoms with Gasteiger partial charge in [-0.1, -0.05) is 24.3 Å². The molecule has 0 amide bonds. The third-order valence-corrected chi connectivity index (χ3v) is 2.86. The van der Waals surface area contributed by atoms with E-state index in [2.05, 4.69) is 10.2 Å². The maximum Gasteiger partial charge on any atom is 0.126 e. The molecule has 96 valence electrons. The SMILES string of the molecule is COCC(OC)c1ccc(-c2cn[nH]c2N)cc1.